The van der Waals surface area contributed by atoms with Gasteiger partial charge in [0.15, 0.2) is 11.6 Å². The lowest BCUT2D eigenvalue weighted by atomic mass is 9.87. The summed E-state index contributed by atoms with van der Waals surface area (Å²) >= 11 is 3.29. The molecule has 2 aromatic rings. The number of unbranched alkanes of at least 4 members (excludes halogenated alkanes) is 3. The van der Waals surface area contributed by atoms with E-state index >= 15 is 0 Å². The highest BCUT2D eigenvalue weighted by atomic mass is 79.9. The fraction of sp³-hybridized carbons (Fsp3) is 0.414. The number of halogens is 1. The van der Waals surface area contributed by atoms with E-state index in [2.05, 4.69) is 15.9 Å². The summed E-state index contributed by atoms with van der Waals surface area (Å²) in [4.78, 5) is 41.2. The summed E-state index contributed by atoms with van der Waals surface area (Å²) in [7, 11) is 0. The minimum atomic E-state index is -1.79. The molecule has 38 heavy (non-hydrogen) atoms. The maximum Gasteiger partial charge on any atom is 0.417 e. The molecule has 1 saturated heterocycles. The van der Waals surface area contributed by atoms with Gasteiger partial charge >= 0.3 is 6.09 Å². The van der Waals surface area contributed by atoms with Gasteiger partial charge in [0.05, 0.1) is 10.4 Å². The van der Waals surface area contributed by atoms with E-state index in [1.807, 2.05) is 60.7 Å². The summed E-state index contributed by atoms with van der Waals surface area (Å²) in [5, 5.41) is 20.4. The molecule has 2 N–H and O–H groups in total. The standard InChI is InChI=1S/C29H32BrNO7/c30-25-18-24(33)26(38-29(25,36)15-9-1-2-10-16-32)22(17-20-11-5-3-6-12-20)27(34)31-23(19-37-28(31)35)21-13-7-4-8-14-21/h3-8,11-14,18,22-23,26,32,36H,1-2,9-10,15-17,19H2/t22-,23+,26-,29+/m1/s1. The van der Waals surface area contributed by atoms with Gasteiger partial charge in [-0.3, -0.25) is 9.59 Å². The van der Waals surface area contributed by atoms with Crippen LogP contribution in [0.15, 0.2) is 71.2 Å². The lowest BCUT2D eigenvalue weighted by molar-refractivity contribution is -0.218. The van der Waals surface area contributed by atoms with Gasteiger partial charge in [0.2, 0.25) is 5.91 Å². The summed E-state index contributed by atoms with van der Waals surface area (Å²) in [6, 6.07) is 17.7. The number of ketones is 1. The Labute approximate surface area is 230 Å². The normalized spacial score (nSPS) is 24.2. The van der Waals surface area contributed by atoms with E-state index < -0.39 is 41.6 Å². The molecule has 2 heterocycles. The van der Waals surface area contributed by atoms with Crippen LogP contribution in [0.2, 0.25) is 0 Å². The van der Waals surface area contributed by atoms with Crippen LogP contribution in [0.4, 0.5) is 4.79 Å². The van der Waals surface area contributed by atoms with Crippen LogP contribution < -0.4 is 0 Å². The largest absolute Gasteiger partial charge is 0.446 e. The molecular weight excluding hydrogens is 554 g/mol. The lowest BCUT2D eigenvalue weighted by Gasteiger charge is -2.38. The molecule has 0 aliphatic carbocycles. The molecule has 0 bridgehead atoms. The second-order valence-corrected chi connectivity index (χ2v) is 10.5. The van der Waals surface area contributed by atoms with Gasteiger partial charge in [0.25, 0.3) is 0 Å². The first-order valence-corrected chi connectivity index (χ1v) is 13.6. The summed E-state index contributed by atoms with van der Waals surface area (Å²) < 4.78 is 11.5. The smallest absolute Gasteiger partial charge is 0.417 e. The number of rotatable bonds is 11. The number of aliphatic hydroxyl groups excluding tert-OH is 1. The van der Waals surface area contributed by atoms with E-state index in [0.717, 1.165) is 28.9 Å². The van der Waals surface area contributed by atoms with Crippen LogP contribution in [0, 0.1) is 5.92 Å². The number of carbonyl (C=O) groups is 3. The highest BCUT2D eigenvalue weighted by molar-refractivity contribution is 9.11. The molecule has 4 rings (SSSR count). The molecule has 9 heteroatoms. The van der Waals surface area contributed by atoms with Gasteiger partial charge in [-0.1, -0.05) is 73.5 Å². The van der Waals surface area contributed by atoms with Gasteiger partial charge in [-0.2, -0.15) is 0 Å². The first-order chi connectivity index (χ1) is 18.3. The molecule has 0 radical (unpaired) electrons. The molecule has 0 unspecified atom stereocenters. The number of hydrogen-bond acceptors (Lipinski definition) is 7. The molecule has 0 spiro atoms. The maximum absolute atomic E-state index is 14.1. The predicted octanol–water partition coefficient (Wildman–Crippen LogP) is 4.44. The van der Waals surface area contributed by atoms with E-state index in [1.165, 1.54) is 6.08 Å². The summed E-state index contributed by atoms with van der Waals surface area (Å²) in [5.74, 6) is -3.95. The van der Waals surface area contributed by atoms with Gasteiger partial charge in [0.1, 0.15) is 18.8 Å². The van der Waals surface area contributed by atoms with Crippen molar-refractivity contribution in [3.8, 4) is 0 Å². The quantitative estimate of drug-likeness (QED) is 0.375. The summed E-state index contributed by atoms with van der Waals surface area (Å²) in [6.45, 7) is 0.114. The summed E-state index contributed by atoms with van der Waals surface area (Å²) in [5.41, 5.74) is 1.52. The molecule has 1 fully saturated rings. The monoisotopic (exact) mass is 585 g/mol. The lowest BCUT2D eigenvalue weighted by Crippen LogP contribution is -2.52. The van der Waals surface area contributed by atoms with Crippen LogP contribution in [0.25, 0.3) is 0 Å². The first kappa shape index (κ1) is 28.2. The predicted molar refractivity (Wildman–Crippen MR) is 143 cm³/mol. The average Bonchev–Trinajstić information content (AvgIpc) is 3.31. The molecule has 202 valence electrons. The Bertz CT molecular complexity index is 1160. The van der Waals surface area contributed by atoms with Gasteiger partial charge in [-0.25, -0.2) is 9.69 Å². The number of amides is 2. The van der Waals surface area contributed by atoms with Crippen LogP contribution in [0.1, 0.15) is 49.3 Å². The third-order valence-corrected chi connectivity index (χ3v) is 7.79. The van der Waals surface area contributed by atoms with E-state index in [1.54, 1.807) is 0 Å². The van der Waals surface area contributed by atoms with Crippen molar-refractivity contribution >= 4 is 33.7 Å². The van der Waals surface area contributed by atoms with E-state index in [0.29, 0.717) is 12.8 Å². The number of carbonyl (C=O) groups excluding carboxylic acids is 3. The Morgan fingerprint density at radius 2 is 1.68 bits per heavy atom. The molecule has 8 nitrogen and oxygen atoms in total. The van der Waals surface area contributed by atoms with E-state index in [4.69, 9.17) is 14.6 Å². The number of hydrogen-bond donors (Lipinski definition) is 2. The zero-order valence-corrected chi connectivity index (χ0v) is 22.6. The topological polar surface area (TPSA) is 113 Å². The number of ether oxygens (including phenoxy) is 2. The van der Waals surface area contributed by atoms with Gasteiger partial charge in [-0.05, 0) is 52.4 Å². The molecule has 0 saturated carbocycles. The Balaban J connectivity index is 1.63. The molecule has 2 amide bonds. The van der Waals surface area contributed by atoms with Crippen molar-refractivity contribution in [3.05, 3.63) is 82.3 Å². The van der Waals surface area contributed by atoms with Crippen LogP contribution in [0.3, 0.4) is 0 Å². The third kappa shape index (κ3) is 6.40. The molecule has 2 aliphatic rings. The van der Waals surface area contributed by atoms with Crippen LogP contribution >= 0.6 is 15.9 Å². The maximum atomic E-state index is 14.1. The minimum absolute atomic E-state index is 0.00927. The molecule has 2 aromatic carbocycles. The SMILES string of the molecule is O=C1C=C(Br)[C@](O)(CCCCCCO)O[C@@H]1[C@@H](Cc1ccccc1)C(=O)N1C(=O)OC[C@H]1c1ccccc1. The first-order valence-electron chi connectivity index (χ1n) is 12.9. The van der Waals surface area contributed by atoms with E-state index in [-0.39, 0.29) is 30.5 Å². The fourth-order valence-corrected chi connectivity index (χ4v) is 5.41. The highest BCUT2D eigenvalue weighted by Crippen LogP contribution is 2.39. The number of imide groups is 1. The van der Waals surface area contributed by atoms with Crippen molar-refractivity contribution in [3.63, 3.8) is 0 Å². The Morgan fingerprint density at radius 3 is 2.37 bits per heavy atom. The van der Waals surface area contributed by atoms with Crippen molar-refractivity contribution in [2.45, 2.75) is 56.5 Å². The van der Waals surface area contributed by atoms with Gasteiger partial charge < -0.3 is 19.7 Å². The van der Waals surface area contributed by atoms with Crippen LogP contribution in [-0.2, 0) is 25.5 Å². The number of aliphatic hydroxyl groups is 2. The van der Waals surface area contributed by atoms with Crippen molar-refractivity contribution < 1.29 is 34.1 Å². The number of cyclic esters (lactones) is 1. The minimum Gasteiger partial charge on any atom is -0.446 e. The third-order valence-electron chi connectivity index (χ3n) is 6.94. The Morgan fingerprint density at radius 1 is 1.03 bits per heavy atom. The van der Waals surface area contributed by atoms with Gasteiger partial charge in [0, 0.05) is 13.0 Å². The Hall–Kier alpha value is -2.85. The van der Waals surface area contributed by atoms with Crippen molar-refractivity contribution in [1.29, 1.82) is 0 Å². The average molecular weight is 586 g/mol. The fourth-order valence-electron chi connectivity index (χ4n) is 4.89. The highest BCUT2D eigenvalue weighted by Gasteiger charge is 2.49. The van der Waals surface area contributed by atoms with Crippen molar-refractivity contribution in [2.24, 2.45) is 5.92 Å². The number of benzene rings is 2. The molecule has 4 atom stereocenters. The van der Waals surface area contributed by atoms with Crippen molar-refractivity contribution in [2.75, 3.05) is 13.2 Å². The number of nitrogens with zero attached hydrogens (tertiary/aromatic N) is 1. The molecular formula is C29H32BrNO7. The zero-order chi connectivity index (χ0) is 27.1. The molecule has 0 aromatic heterocycles. The van der Waals surface area contributed by atoms with Gasteiger partial charge in [-0.15, -0.1) is 0 Å². The van der Waals surface area contributed by atoms with Crippen molar-refractivity contribution in [1.82, 2.24) is 4.90 Å². The zero-order valence-electron chi connectivity index (χ0n) is 21.0. The summed E-state index contributed by atoms with van der Waals surface area (Å²) in [6.07, 6.45) is 2.32. The van der Waals surface area contributed by atoms with Crippen LogP contribution in [0.5, 0.6) is 0 Å². The van der Waals surface area contributed by atoms with Crippen LogP contribution in [-0.4, -0.2) is 58.0 Å². The second-order valence-electron chi connectivity index (χ2n) is 9.61. The van der Waals surface area contributed by atoms with E-state index in [9.17, 15) is 19.5 Å². The second kappa shape index (κ2) is 12.8. The molecule has 2 aliphatic heterocycles. The Kier molecular flexibility index (Phi) is 9.49.